The summed E-state index contributed by atoms with van der Waals surface area (Å²) in [5.41, 5.74) is 5.78. The van der Waals surface area contributed by atoms with Crippen LogP contribution in [-0.4, -0.2) is 40.9 Å². The van der Waals surface area contributed by atoms with Gasteiger partial charge in [-0.3, -0.25) is 9.59 Å². The van der Waals surface area contributed by atoms with Crippen LogP contribution < -0.4 is 5.73 Å². The lowest BCUT2D eigenvalue weighted by atomic mass is 10.0. The Bertz CT molecular complexity index is 369. The highest BCUT2D eigenvalue weighted by Gasteiger charge is 2.37. The van der Waals surface area contributed by atoms with E-state index in [9.17, 15) is 14.4 Å². The van der Waals surface area contributed by atoms with E-state index < -0.39 is 34.8 Å². The fourth-order valence-corrected chi connectivity index (χ4v) is 1.82. The van der Waals surface area contributed by atoms with Crippen molar-refractivity contribution < 1.29 is 28.6 Å². The van der Waals surface area contributed by atoms with Crippen LogP contribution in [0.5, 0.6) is 0 Å². The maximum Gasteiger partial charge on any atom is 0.370 e. The minimum absolute atomic E-state index is 0.287. The molecule has 7 nitrogen and oxygen atoms in total. The highest BCUT2D eigenvalue weighted by molar-refractivity contribution is 8.14. The zero-order valence-corrected chi connectivity index (χ0v) is 13.1. The summed E-state index contributed by atoms with van der Waals surface area (Å²) in [7, 11) is 0. The van der Waals surface area contributed by atoms with Crippen molar-refractivity contribution in [2.45, 2.75) is 51.5 Å². The number of hydrogen-bond donors (Lipinski definition) is 1. The maximum atomic E-state index is 11.7. The molecule has 0 amide bonds. The quantitative estimate of drug-likeness (QED) is 0.580. The Morgan fingerprint density at radius 3 is 2.20 bits per heavy atom. The molecule has 8 heteroatoms. The number of esters is 2. The second-order valence-corrected chi connectivity index (χ2v) is 6.41. The van der Waals surface area contributed by atoms with Gasteiger partial charge in [0, 0.05) is 11.7 Å². The zero-order chi connectivity index (χ0) is 15.9. The third kappa shape index (κ3) is 7.34. The standard InChI is InChI=1S/C12H21NO6S/c1-7(2)19-10(15)9(13)12(4,5)20-11(16)18-6-17-8(3)14/h7,9H,6,13H2,1-5H3/t9-/m0/s1. The number of carbonyl (C=O) groups is 3. The second-order valence-electron chi connectivity index (χ2n) is 4.82. The Labute approximate surface area is 122 Å². The van der Waals surface area contributed by atoms with Gasteiger partial charge in [-0.1, -0.05) is 0 Å². The van der Waals surface area contributed by atoms with E-state index in [1.54, 1.807) is 27.7 Å². The average molecular weight is 307 g/mol. The molecule has 0 unspecified atom stereocenters. The molecule has 0 saturated heterocycles. The summed E-state index contributed by atoms with van der Waals surface area (Å²) in [6, 6.07) is -0.990. The van der Waals surface area contributed by atoms with Gasteiger partial charge in [-0.2, -0.15) is 0 Å². The van der Waals surface area contributed by atoms with Crippen molar-refractivity contribution in [2.24, 2.45) is 5.73 Å². The Morgan fingerprint density at radius 1 is 1.20 bits per heavy atom. The van der Waals surface area contributed by atoms with Gasteiger partial charge in [-0.25, -0.2) is 4.79 Å². The van der Waals surface area contributed by atoms with Gasteiger partial charge in [-0.15, -0.1) is 0 Å². The van der Waals surface area contributed by atoms with Crippen LogP contribution in [0.3, 0.4) is 0 Å². The Morgan fingerprint density at radius 2 is 1.75 bits per heavy atom. The van der Waals surface area contributed by atoms with Gasteiger partial charge in [0.05, 0.1) is 6.10 Å². The van der Waals surface area contributed by atoms with Crippen LogP contribution in [0.2, 0.25) is 0 Å². The van der Waals surface area contributed by atoms with Gasteiger partial charge in [0.1, 0.15) is 6.04 Å². The molecule has 0 rings (SSSR count). The first-order valence-corrected chi connectivity index (χ1v) is 6.83. The Balaban J connectivity index is 4.38. The molecule has 0 radical (unpaired) electrons. The molecular formula is C12H21NO6S. The number of carbonyl (C=O) groups excluding carboxylic acids is 3. The van der Waals surface area contributed by atoms with Crippen molar-refractivity contribution in [3.63, 3.8) is 0 Å². The molecule has 0 aromatic rings. The Kier molecular flexibility index (Phi) is 7.59. The normalized spacial score (nSPS) is 12.8. The molecular weight excluding hydrogens is 286 g/mol. The molecule has 0 aromatic heterocycles. The Hall–Kier alpha value is -1.28. The van der Waals surface area contributed by atoms with Gasteiger partial charge in [0.2, 0.25) is 6.79 Å². The number of nitrogens with two attached hydrogens (primary N) is 1. The van der Waals surface area contributed by atoms with Crippen molar-refractivity contribution in [3.8, 4) is 0 Å². The molecule has 0 aromatic carbocycles. The lowest BCUT2D eigenvalue weighted by molar-refractivity contribution is -0.150. The summed E-state index contributed by atoms with van der Waals surface area (Å²) in [5.74, 6) is -1.15. The minimum atomic E-state index is -0.990. The SMILES string of the molecule is CC(=O)OCOC(=O)SC(C)(C)[C@@H](N)C(=O)OC(C)C. The lowest BCUT2D eigenvalue weighted by Crippen LogP contribution is -2.48. The summed E-state index contributed by atoms with van der Waals surface area (Å²) in [6.45, 7) is 7.38. The molecule has 0 saturated carbocycles. The molecule has 20 heavy (non-hydrogen) atoms. The van der Waals surface area contributed by atoms with Gasteiger partial charge in [0.25, 0.3) is 0 Å². The minimum Gasteiger partial charge on any atom is -0.462 e. The fourth-order valence-electron chi connectivity index (χ4n) is 1.06. The van der Waals surface area contributed by atoms with E-state index in [0.717, 1.165) is 11.8 Å². The summed E-state index contributed by atoms with van der Waals surface area (Å²) in [5, 5.41) is -0.691. The number of hydrogen-bond acceptors (Lipinski definition) is 8. The first-order valence-electron chi connectivity index (χ1n) is 6.01. The van der Waals surface area contributed by atoms with E-state index in [1.807, 2.05) is 0 Å². The summed E-state index contributed by atoms with van der Waals surface area (Å²) < 4.78 is 13.2. The molecule has 116 valence electrons. The van der Waals surface area contributed by atoms with Crippen LogP contribution in [0.25, 0.3) is 0 Å². The number of rotatable bonds is 6. The predicted octanol–water partition coefficient (Wildman–Crippen LogP) is 1.43. The van der Waals surface area contributed by atoms with E-state index in [-0.39, 0.29) is 6.10 Å². The predicted molar refractivity (Wildman–Crippen MR) is 74.0 cm³/mol. The molecule has 2 N–H and O–H groups in total. The van der Waals surface area contributed by atoms with Gasteiger partial charge >= 0.3 is 17.2 Å². The highest BCUT2D eigenvalue weighted by atomic mass is 32.2. The van der Waals surface area contributed by atoms with E-state index >= 15 is 0 Å². The van der Waals surface area contributed by atoms with E-state index in [4.69, 9.17) is 10.5 Å². The second kappa shape index (κ2) is 8.11. The van der Waals surface area contributed by atoms with Gasteiger partial charge in [0.15, 0.2) is 0 Å². The molecule has 0 bridgehead atoms. The molecule has 1 atom stereocenters. The van der Waals surface area contributed by atoms with Crippen molar-refractivity contribution >= 4 is 29.0 Å². The monoisotopic (exact) mass is 307 g/mol. The lowest BCUT2D eigenvalue weighted by Gasteiger charge is -2.28. The van der Waals surface area contributed by atoms with Gasteiger partial charge < -0.3 is 19.9 Å². The van der Waals surface area contributed by atoms with Crippen LogP contribution in [0.4, 0.5) is 4.79 Å². The van der Waals surface area contributed by atoms with Crippen molar-refractivity contribution in [1.82, 2.24) is 0 Å². The first-order chi connectivity index (χ1) is 9.06. The average Bonchev–Trinajstić information content (AvgIpc) is 2.25. The molecule has 0 aliphatic carbocycles. The topological polar surface area (TPSA) is 105 Å². The van der Waals surface area contributed by atoms with Crippen molar-refractivity contribution in [3.05, 3.63) is 0 Å². The van der Waals surface area contributed by atoms with Crippen LogP contribution >= 0.6 is 11.8 Å². The highest BCUT2D eigenvalue weighted by Crippen LogP contribution is 2.29. The molecule has 0 aliphatic rings. The van der Waals surface area contributed by atoms with Crippen LogP contribution in [0.15, 0.2) is 0 Å². The van der Waals surface area contributed by atoms with E-state index in [0.29, 0.717) is 0 Å². The molecule has 0 fully saturated rings. The fraction of sp³-hybridized carbons (Fsp3) is 0.750. The summed E-state index contributed by atoms with van der Waals surface area (Å²) in [6.07, 6.45) is -0.287. The summed E-state index contributed by atoms with van der Waals surface area (Å²) in [4.78, 5) is 33.7. The molecule has 0 aliphatic heterocycles. The first kappa shape index (κ1) is 18.7. The van der Waals surface area contributed by atoms with Crippen LogP contribution in [0.1, 0.15) is 34.6 Å². The largest absolute Gasteiger partial charge is 0.462 e. The third-order valence-corrected chi connectivity index (χ3v) is 3.20. The maximum absolute atomic E-state index is 11.7. The van der Waals surface area contributed by atoms with E-state index in [1.165, 1.54) is 6.92 Å². The smallest absolute Gasteiger partial charge is 0.370 e. The molecule has 0 spiro atoms. The zero-order valence-electron chi connectivity index (χ0n) is 12.3. The van der Waals surface area contributed by atoms with Crippen LogP contribution in [-0.2, 0) is 23.8 Å². The molecule has 0 heterocycles. The van der Waals surface area contributed by atoms with Crippen molar-refractivity contribution in [2.75, 3.05) is 6.79 Å². The summed E-state index contributed by atoms with van der Waals surface area (Å²) >= 11 is 0.739. The third-order valence-electron chi connectivity index (χ3n) is 2.14. The number of ether oxygens (including phenoxy) is 3. The van der Waals surface area contributed by atoms with Crippen molar-refractivity contribution in [1.29, 1.82) is 0 Å². The number of thioether (sulfide) groups is 1. The van der Waals surface area contributed by atoms with Gasteiger partial charge in [-0.05, 0) is 39.5 Å². The van der Waals surface area contributed by atoms with Crippen LogP contribution in [0, 0.1) is 0 Å². The van der Waals surface area contributed by atoms with E-state index in [2.05, 4.69) is 9.47 Å².